The normalized spacial score (nSPS) is 12.7. The fourth-order valence-corrected chi connectivity index (χ4v) is 6.94. The molecule has 0 saturated carbocycles. The third-order valence-corrected chi connectivity index (χ3v) is 11.4. The topological polar surface area (TPSA) is 50.2 Å². The van der Waals surface area contributed by atoms with Gasteiger partial charge in [0.05, 0.1) is 0 Å². The monoisotopic (exact) mass is 813 g/mol. The Morgan fingerprint density at radius 2 is 1.52 bits per heavy atom. The third kappa shape index (κ3) is 7.70. The predicted octanol–water partition coefficient (Wildman–Crippen LogP) is 12.2. The van der Waals surface area contributed by atoms with E-state index in [4.69, 9.17) is 4.98 Å². The molecule has 247 valence electrons. The molecule has 5 heteroatoms. The number of carbonyl (C=O) groups excluding carboxylic acids is 1. The van der Waals surface area contributed by atoms with Crippen LogP contribution in [0.2, 0.25) is 0 Å². The maximum Gasteiger partial charge on any atom is 0.164 e. The van der Waals surface area contributed by atoms with E-state index < -0.39 is 0 Å². The molecule has 0 fully saturated rings. The van der Waals surface area contributed by atoms with Gasteiger partial charge in [-0.25, -0.2) is 0 Å². The van der Waals surface area contributed by atoms with Crippen molar-refractivity contribution in [2.75, 3.05) is 0 Å². The van der Waals surface area contributed by atoms with E-state index in [-0.39, 0.29) is 42.5 Å². The number of aromatic nitrogens is 1. The molecule has 1 aromatic heterocycles. The van der Waals surface area contributed by atoms with E-state index >= 15 is 0 Å². The molecule has 46 heavy (non-hydrogen) atoms. The van der Waals surface area contributed by atoms with Crippen LogP contribution in [0, 0.1) is 30.7 Å². The predicted molar refractivity (Wildman–Crippen MR) is 192 cm³/mol. The van der Waals surface area contributed by atoms with Crippen LogP contribution in [0.1, 0.15) is 104 Å². The van der Waals surface area contributed by atoms with Crippen molar-refractivity contribution in [3.8, 4) is 22.4 Å². The van der Waals surface area contributed by atoms with Crippen molar-refractivity contribution in [3.05, 3.63) is 89.3 Å². The average Bonchev–Trinajstić information content (AvgIpc) is 3.04. The van der Waals surface area contributed by atoms with Crippen molar-refractivity contribution in [2.45, 2.75) is 111 Å². The second kappa shape index (κ2) is 15.5. The molecule has 0 bridgehead atoms. The number of pyridine rings is 1. The summed E-state index contributed by atoms with van der Waals surface area (Å²) in [6.45, 7) is 20.8. The summed E-state index contributed by atoms with van der Waals surface area (Å²) in [4.78, 5) is 19.5. The minimum Gasteiger partial charge on any atom is -0.512 e. The summed E-state index contributed by atoms with van der Waals surface area (Å²) in [5.74, 6) is 0.837. The van der Waals surface area contributed by atoms with Crippen molar-refractivity contribution < 1.29 is 30.0 Å². The van der Waals surface area contributed by atoms with Gasteiger partial charge in [-0.15, -0.1) is 40.6 Å². The molecule has 0 atom stereocenters. The number of hydrogen-bond donors (Lipinski definition) is 1. The molecule has 1 aliphatic heterocycles. The van der Waals surface area contributed by atoms with Gasteiger partial charge >= 0.3 is 0 Å². The SMILES string of the molecule is CCC(C)(CC)C(=O)/C=C(\O)C(C)(CC)CC.Cc1[c-]c2c(c(C)c1)Sc1cc(-c3ccc(C(C)C)cc3)cc3ccnc-2c13.[Ir]. The van der Waals surface area contributed by atoms with Crippen LogP contribution in [0.3, 0.4) is 0 Å². The number of rotatable bonds is 9. The molecule has 0 aliphatic carbocycles. The molecule has 0 spiro atoms. The zero-order valence-electron chi connectivity index (χ0n) is 29.2. The molecule has 3 aromatic carbocycles. The Bertz CT molecular complexity index is 1710. The van der Waals surface area contributed by atoms with Crippen LogP contribution in [0.5, 0.6) is 0 Å². The first kappa shape index (κ1) is 37.7. The number of carbonyl (C=O) groups is 1. The van der Waals surface area contributed by atoms with Gasteiger partial charge in [0.25, 0.3) is 0 Å². The molecule has 0 saturated heterocycles. The number of aryl methyl sites for hydroxylation is 2. The molecule has 5 rings (SSSR count). The Kier molecular flexibility index (Phi) is 12.7. The summed E-state index contributed by atoms with van der Waals surface area (Å²) < 4.78 is 0. The van der Waals surface area contributed by atoms with Gasteiger partial charge in [0.1, 0.15) is 5.76 Å². The number of hydrogen-bond acceptors (Lipinski definition) is 4. The van der Waals surface area contributed by atoms with Crippen molar-refractivity contribution >= 4 is 28.3 Å². The van der Waals surface area contributed by atoms with Crippen LogP contribution < -0.4 is 0 Å². The van der Waals surface area contributed by atoms with Crippen LogP contribution in [0.4, 0.5) is 0 Å². The molecule has 1 N–H and O–H groups in total. The Morgan fingerprint density at radius 1 is 0.913 bits per heavy atom. The first-order valence-corrected chi connectivity index (χ1v) is 17.3. The van der Waals surface area contributed by atoms with Gasteiger partial charge in [-0.05, 0) is 83.0 Å². The zero-order valence-corrected chi connectivity index (χ0v) is 32.4. The van der Waals surface area contributed by atoms with Gasteiger partial charge in [-0.2, -0.15) is 0 Å². The van der Waals surface area contributed by atoms with Gasteiger partial charge in [-0.1, -0.05) is 98.4 Å². The van der Waals surface area contributed by atoms with E-state index in [1.807, 2.05) is 59.5 Å². The summed E-state index contributed by atoms with van der Waals surface area (Å²) in [7, 11) is 0. The van der Waals surface area contributed by atoms with Gasteiger partial charge in [-0.3, -0.25) is 4.79 Å². The number of allylic oxidation sites excluding steroid dienone is 2. The van der Waals surface area contributed by atoms with Crippen molar-refractivity contribution in [1.29, 1.82) is 0 Å². The average molecular weight is 813 g/mol. The third-order valence-electron chi connectivity index (χ3n) is 10.1. The van der Waals surface area contributed by atoms with Gasteiger partial charge < -0.3 is 10.1 Å². The molecule has 3 nitrogen and oxygen atoms in total. The van der Waals surface area contributed by atoms with Crippen molar-refractivity contribution in [2.24, 2.45) is 10.8 Å². The second-order valence-electron chi connectivity index (χ2n) is 13.4. The first-order chi connectivity index (χ1) is 21.3. The molecular weight excluding hydrogens is 763 g/mol. The largest absolute Gasteiger partial charge is 0.512 e. The summed E-state index contributed by atoms with van der Waals surface area (Å²) in [5, 5.41) is 12.6. The number of fused-ring (bicyclic) bond motifs is 2. The van der Waals surface area contributed by atoms with Crippen molar-refractivity contribution in [1.82, 2.24) is 4.98 Å². The summed E-state index contributed by atoms with van der Waals surface area (Å²) in [5.41, 5.74) is 7.98. The van der Waals surface area contributed by atoms with Crippen LogP contribution in [-0.4, -0.2) is 15.9 Å². The van der Waals surface area contributed by atoms with E-state index in [0.29, 0.717) is 5.92 Å². The van der Waals surface area contributed by atoms with Gasteiger partial charge in [0, 0.05) is 48.1 Å². The van der Waals surface area contributed by atoms with E-state index in [2.05, 4.69) is 82.3 Å². The molecule has 0 unspecified atom stereocenters. The zero-order chi connectivity index (χ0) is 33.1. The quantitative estimate of drug-likeness (QED) is 0.0915. The molecule has 4 aromatic rings. The number of benzene rings is 3. The van der Waals surface area contributed by atoms with E-state index in [1.54, 1.807) is 0 Å². The Balaban J connectivity index is 0.000000280. The number of aliphatic hydroxyl groups is 1. The Morgan fingerprint density at radius 3 is 2.09 bits per heavy atom. The maximum absolute atomic E-state index is 12.2. The van der Waals surface area contributed by atoms with Crippen LogP contribution in [0.25, 0.3) is 33.2 Å². The maximum atomic E-state index is 12.2. The fourth-order valence-electron chi connectivity index (χ4n) is 5.74. The molecular formula is C41H50IrNO2S-. The van der Waals surface area contributed by atoms with Crippen LogP contribution >= 0.6 is 11.8 Å². The Hall–Kier alpha value is -2.72. The molecule has 2 heterocycles. The van der Waals surface area contributed by atoms with Gasteiger partial charge in [0.2, 0.25) is 0 Å². The minimum absolute atomic E-state index is 0. The molecule has 1 aliphatic rings. The fraction of sp³-hybridized carbons (Fsp3) is 0.415. The standard InChI is InChI=1S/C26H22NS.C15H28O2.Ir/c1-15(2)18-5-7-19(8-6-18)21-13-20-9-10-27-25-22-12-16(3)11-17(4)26(22)28-23(14-21)24(20)25;1-7-14(5,8-2)12(16)11-13(17)15(6,9-3)10-4;/h5-11,13-15H,1-4H3;11,16H,7-10H2,1-6H3;/q-1;;/b;12-11-;. The molecule has 1 radical (unpaired) electrons. The van der Waals surface area contributed by atoms with Crippen LogP contribution in [-0.2, 0) is 24.9 Å². The smallest absolute Gasteiger partial charge is 0.164 e. The minimum atomic E-state index is -0.337. The summed E-state index contributed by atoms with van der Waals surface area (Å²) >= 11 is 1.86. The van der Waals surface area contributed by atoms with Gasteiger partial charge in [0.15, 0.2) is 5.78 Å². The summed E-state index contributed by atoms with van der Waals surface area (Å²) in [6.07, 6.45) is 6.68. The number of ketones is 1. The van der Waals surface area contributed by atoms with E-state index in [1.165, 1.54) is 54.5 Å². The van der Waals surface area contributed by atoms with Crippen molar-refractivity contribution in [3.63, 3.8) is 0 Å². The number of aliphatic hydroxyl groups excluding tert-OH is 1. The first-order valence-electron chi connectivity index (χ1n) is 16.5. The van der Waals surface area contributed by atoms with Crippen LogP contribution in [0.15, 0.2) is 76.4 Å². The van der Waals surface area contributed by atoms with E-state index in [9.17, 15) is 9.90 Å². The Labute approximate surface area is 295 Å². The molecule has 0 amide bonds. The number of nitrogens with zero attached hydrogens (tertiary/aromatic N) is 1. The summed E-state index contributed by atoms with van der Waals surface area (Å²) in [6, 6.07) is 21.5. The van der Waals surface area contributed by atoms with E-state index in [0.717, 1.165) is 36.9 Å². The second-order valence-corrected chi connectivity index (χ2v) is 14.4.